The summed E-state index contributed by atoms with van der Waals surface area (Å²) >= 11 is 0. The van der Waals surface area contributed by atoms with Crippen molar-refractivity contribution in [1.29, 1.82) is 0 Å². The highest BCUT2D eigenvalue weighted by atomic mass is 16.5. The van der Waals surface area contributed by atoms with Crippen molar-refractivity contribution in [2.45, 2.75) is 19.4 Å². The summed E-state index contributed by atoms with van der Waals surface area (Å²) < 4.78 is 7.06. The summed E-state index contributed by atoms with van der Waals surface area (Å²) in [5.74, 6) is -0.0655. The standard InChI is InChI=1S/C11H18N4O2/c1-3-8-7-15(4-5-17-8)11(16)10-9(12)6-13-14(10)2/h6,8H,3-5,7,12H2,1-2H3. The molecule has 1 aromatic heterocycles. The highest BCUT2D eigenvalue weighted by Gasteiger charge is 2.27. The molecular formula is C11H18N4O2. The van der Waals surface area contributed by atoms with Gasteiger partial charge >= 0.3 is 0 Å². The first-order valence-electron chi connectivity index (χ1n) is 5.81. The Morgan fingerprint density at radius 3 is 3.06 bits per heavy atom. The average Bonchev–Trinajstić information content (AvgIpc) is 2.68. The zero-order valence-corrected chi connectivity index (χ0v) is 10.2. The number of rotatable bonds is 2. The van der Waals surface area contributed by atoms with Gasteiger partial charge in [-0.3, -0.25) is 9.48 Å². The van der Waals surface area contributed by atoms with Crippen LogP contribution in [0.5, 0.6) is 0 Å². The smallest absolute Gasteiger partial charge is 0.274 e. The zero-order chi connectivity index (χ0) is 12.4. The van der Waals surface area contributed by atoms with Crippen molar-refractivity contribution in [3.63, 3.8) is 0 Å². The van der Waals surface area contributed by atoms with E-state index in [4.69, 9.17) is 10.5 Å². The monoisotopic (exact) mass is 238 g/mol. The van der Waals surface area contributed by atoms with Gasteiger partial charge in [0.1, 0.15) is 5.69 Å². The number of aromatic nitrogens is 2. The van der Waals surface area contributed by atoms with Crippen LogP contribution in [0.3, 0.4) is 0 Å². The number of carbonyl (C=O) groups is 1. The van der Waals surface area contributed by atoms with Crippen LogP contribution in [-0.2, 0) is 11.8 Å². The molecule has 6 heteroatoms. The molecule has 1 aliphatic rings. The highest BCUT2D eigenvalue weighted by molar-refractivity contribution is 5.97. The molecule has 1 unspecified atom stereocenters. The molecule has 17 heavy (non-hydrogen) atoms. The molecular weight excluding hydrogens is 220 g/mol. The molecule has 1 saturated heterocycles. The van der Waals surface area contributed by atoms with E-state index in [0.717, 1.165) is 6.42 Å². The van der Waals surface area contributed by atoms with Crippen molar-refractivity contribution < 1.29 is 9.53 Å². The van der Waals surface area contributed by atoms with Gasteiger partial charge in [0.2, 0.25) is 0 Å². The lowest BCUT2D eigenvalue weighted by Gasteiger charge is -2.32. The minimum absolute atomic E-state index is 0.0655. The van der Waals surface area contributed by atoms with E-state index >= 15 is 0 Å². The van der Waals surface area contributed by atoms with Gasteiger partial charge in [0.05, 0.1) is 24.6 Å². The summed E-state index contributed by atoms with van der Waals surface area (Å²) in [6.07, 6.45) is 2.54. The van der Waals surface area contributed by atoms with Gasteiger partial charge in [-0.25, -0.2) is 0 Å². The van der Waals surface area contributed by atoms with Crippen LogP contribution in [0.2, 0.25) is 0 Å². The van der Waals surface area contributed by atoms with Crippen LogP contribution in [0.1, 0.15) is 23.8 Å². The minimum atomic E-state index is -0.0655. The third-order valence-electron chi connectivity index (χ3n) is 3.05. The predicted octanol–water partition coefficient (Wildman–Crippen LogP) is 0.253. The third-order valence-corrected chi connectivity index (χ3v) is 3.05. The molecule has 0 aliphatic carbocycles. The molecule has 6 nitrogen and oxygen atoms in total. The van der Waals surface area contributed by atoms with Crippen LogP contribution in [0.4, 0.5) is 5.69 Å². The predicted molar refractivity (Wildman–Crippen MR) is 63.6 cm³/mol. The molecule has 1 fully saturated rings. The summed E-state index contributed by atoms with van der Waals surface area (Å²) in [4.78, 5) is 14.1. The number of amides is 1. The number of nitrogens with two attached hydrogens (primary N) is 1. The van der Waals surface area contributed by atoms with Crippen LogP contribution < -0.4 is 5.73 Å². The number of morpholine rings is 1. The first kappa shape index (κ1) is 11.9. The Morgan fingerprint density at radius 2 is 2.47 bits per heavy atom. The first-order valence-corrected chi connectivity index (χ1v) is 5.81. The Labute approximate surface area is 100 Å². The molecule has 94 valence electrons. The molecule has 2 N–H and O–H groups in total. The minimum Gasteiger partial charge on any atom is -0.396 e. The molecule has 1 aromatic rings. The SMILES string of the molecule is CCC1CN(C(=O)c2c(N)cnn2C)CCO1. The van der Waals surface area contributed by atoms with Crippen molar-refractivity contribution in [3.8, 4) is 0 Å². The van der Waals surface area contributed by atoms with Crippen molar-refractivity contribution in [3.05, 3.63) is 11.9 Å². The maximum atomic E-state index is 12.3. The van der Waals surface area contributed by atoms with Gasteiger partial charge in [0.15, 0.2) is 0 Å². The zero-order valence-electron chi connectivity index (χ0n) is 10.2. The lowest BCUT2D eigenvalue weighted by atomic mass is 10.2. The molecule has 0 saturated carbocycles. The molecule has 0 bridgehead atoms. The van der Waals surface area contributed by atoms with Crippen LogP contribution in [0, 0.1) is 0 Å². The number of ether oxygens (including phenoxy) is 1. The number of hydrogen-bond acceptors (Lipinski definition) is 4. The third kappa shape index (κ3) is 2.26. The van der Waals surface area contributed by atoms with Crippen molar-refractivity contribution in [2.75, 3.05) is 25.4 Å². The fourth-order valence-corrected chi connectivity index (χ4v) is 2.02. The number of nitrogens with zero attached hydrogens (tertiary/aromatic N) is 3. The van der Waals surface area contributed by atoms with Gasteiger partial charge in [-0.2, -0.15) is 5.10 Å². The summed E-state index contributed by atoms with van der Waals surface area (Å²) in [6, 6.07) is 0. The fraction of sp³-hybridized carbons (Fsp3) is 0.636. The molecule has 0 radical (unpaired) electrons. The topological polar surface area (TPSA) is 73.4 Å². The quantitative estimate of drug-likeness (QED) is 0.801. The Bertz CT molecular complexity index is 396. The number of nitrogen functional groups attached to an aromatic ring is 1. The maximum Gasteiger partial charge on any atom is 0.274 e. The maximum absolute atomic E-state index is 12.3. The van der Waals surface area contributed by atoms with E-state index < -0.39 is 0 Å². The Kier molecular flexibility index (Phi) is 3.33. The summed E-state index contributed by atoms with van der Waals surface area (Å²) in [5, 5.41) is 3.98. The van der Waals surface area contributed by atoms with E-state index in [1.165, 1.54) is 10.9 Å². The number of aryl methyl sites for hydroxylation is 1. The number of hydrogen-bond donors (Lipinski definition) is 1. The Morgan fingerprint density at radius 1 is 1.71 bits per heavy atom. The van der Waals surface area contributed by atoms with Crippen LogP contribution in [0.25, 0.3) is 0 Å². The summed E-state index contributed by atoms with van der Waals surface area (Å²) in [5.41, 5.74) is 6.64. The van der Waals surface area contributed by atoms with Crippen LogP contribution in [0.15, 0.2) is 6.20 Å². The molecule has 1 atom stereocenters. The number of carbonyl (C=O) groups excluding carboxylic acids is 1. The van der Waals surface area contributed by atoms with Gasteiger partial charge < -0.3 is 15.4 Å². The van der Waals surface area contributed by atoms with E-state index in [-0.39, 0.29) is 12.0 Å². The molecule has 1 aliphatic heterocycles. The summed E-state index contributed by atoms with van der Waals surface area (Å²) in [7, 11) is 1.72. The second kappa shape index (κ2) is 4.75. The van der Waals surface area contributed by atoms with E-state index in [9.17, 15) is 4.79 Å². The second-order valence-electron chi connectivity index (χ2n) is 4.22. The van der Waals surface area contributed by atoms with E-state index in [1.54, 1.807) is 11.9 Å². The Balaban J connectivity index is 2.15. The second-order valence-corrected chi connectivity index (χ2v) is 4.22. The van der Waals surface area contributed by atoms with Crippen molar-refractivity contribution >= 4 is 11.6 Å². The lowest BCUT2D eigenvalue weighted by molar-refractivity contribution is -0.0229. The molecule has 2 rings (SSSR count). The fourth-order valence-electron chi connectivity index (χ4n) is 2.02. The van der Waals surface area contributed by atoms with Gasteiger partial charge in [0, 0.05) is 20.1 Å². The van der Waals surface area contributed by atoms with Gasteiger partial charge in [0.25, 0.3) is 5.91 Å². The van der Waals surface area contributed by atoms with E-state index in [2.05, 4.69) is 12.0 Å². The Hall–Kier alpha value is -1.56. The number of anilines is 1. The average molecular weight is 238 g/mol. The largest absolute Gasteiger partial charge is 0.396 e. The first-order chi connectivity index (χ1) is 8.13. The molecule has 1 amide bonds. The van der Waals surface area contributed by atoms with Gasteiger partial charge in [-0.05, 0) is 6.42 Å². The normalized spacial score (nSPS) is 20.6. The highest BCUT2D eigenvalue weighted by Crippen LogP contribution is 2.16. The van der Waals surface area contributed by atoms with E-state index in [0.29, 0.717) is 31.1 Å². The van der Waals surface area contributed by atoms with Gasteiger partial charge in [-0.1, -0.05) is 6.92 Å². The van der Waals surface area contributed by atoms with Gasteiger partial charge in [-0.15, -0.1) is 0 Å². The molecule has 0 spiro atoms. The van der Waals surface area contributed by atoms with Crippen molar-refractivity contribution in [2.24, 2.45) is 7.05 Å². The molecule has 0 aromatic carbocycles. The van der Waals surface area contributed by atoms with Crippen LogP contribution in [-0.4, -0.2) is 46.4 Å². The lowest BCUT2D eigenvalue weighted by Crippen LogP contribution is -2.46. The van der Waals surface area contributed by atoms with E-state index in [1.807, 2.05) is 0 Å². The van der Waals surface area contributed by atoms with Crippen molar-refractivity contribution in [1.82, 2.24) is 14.7 Å². The summed E-state index contributed by atoms with van der Waals surface area (Å²) in [6.45, 7) is 3.87. The molecule has 2 heterocycles. The van der Waals surface area contributed by atoms with Crippen LogP contribution >= 0.6 is 0 Å².